The third-order valence-corrected chi connectivity index (χ3v) is 5.88. The van der Waals surface area contributed by atoms with Crippen LogP contribution in [0, 0.1) is 6.92 Å². The highest BCUT2D eigenvalue weighted by molar-refractivity contribution is 7.17. The van der Waals surface area contributed by atoms with Crippen molar-refractivity contribution in [2.45, 2.75) is 20.4 Å². The van der Waals surface area contributed by atoms with Crippen LogP contribution in [0.25, 0.3) is 11.1 Å². The average Bonchev–Trinajstić information content (AvgIpc) is 3.05. The lowest BCUT2D eigenvalue weighted by molar-refractivity contribution is -0.117. The number of thiophene rings is 1. The van der Waals surface area contributed by atoms with E-state index in [1.54, 1.807) is 6.92 Å². The Morgan fingerprint density at radius 1 is 1.23 bits per heavy atom. The molecule has 10 heteroatoms. The highest BCUT2D eigenvalue weighted by Crippen LogP contribution is 2.40. The number of ether oxygens (including phenoxy) is 1. The second kappa shape index (κ2) is 9.42. The Hall–Kier alpha value is -2.68. The Morgan fingerprint density at radius 2 is 1.93 bits per heavy atom. The third-order valence-electron chi connectivity index (χ3n) is 4.11. The summed E-state index contributed by atoms with van der Waals surface area (Å²) in [6.07, 6.45) is 1.19. The van der Waals surface area contributed by atoms with Crippen molar-refractivity contribution in [3.8, 4) is 11.1 Å². The summed E-state index contributed by atoms with van der Waals surface area (Å²) in [6, 6.07) is 9.36. The number of aryl methyl sites for hydroxylation is 1. The van der Waals surface area contributed by atoms with Gasteiger partial charge in [0, 0.05) is 10.4 Å². The van der Waals surface area contributed by atoms with E-state index >= 15 is 0 Å². The van der Waals surface area contributed by atoms with Crippen LogP contribution >= 0.6 is 34.5 Å². The molecule has 1 aromatic carbocycles. The van der Waals surface area contributed by atoms with Gasteiger partial charge in [-0.05, 0) is 19.4 Å². The van der Waals surface area contributed by atoms with Crippen LogP contribution in [0.1, 0.15) is 22.2 Å². The van der Waals surface area contributed by atoms with Gasteiger partial charge in [0.25, 0.3) is 5.56 Å². The van der Waals surface area contributed by atoms with E-state index in [-0.39, 0.29) is 22.2 Å². The van der Waals surface area contributed by atoms with Gasteiger partial charge >= 0.3 is 5.97 Å². The molecule has 0 aliphatic heterocycles. The van der Waals surface area contributed by atoms with E-state index in [1.807, 2.05) is 37.3 Å². The molecule has 0 aliphatic rings. The van der Waals surface area contributed by atoms with E-state index in [0.29, 0.717) is 10.6 Å². The Balaban J connectivity index is 1.96. The number of anilines is 1. The van der Waals surface area contributed by atoms with Gasteiger partial charge in [0.15, 0.2) is 0 Å². The fourth-order valence-electron chi connectivity index (χ4n) is 2.84. The van der Waals surface area contributed by atoms with Crippen LogP contribution in [0.15, 0.2) is 41.3 Å². The van der Waals surface area contributed by atoms with Crippen molar-refractivity contribution in [2.75, 3.05) is 11.9 Å². The molecule has 7 nitrogen and oxygen atoms in total. The molecule has 1 amide bonds. The smallest absolute Gasteiger partial charge is 0.341 e. The molecular weight excluding hydrogens is 449 g/mol. The Morgan fingerprint density at radius 3 is 2.60 bits per heavy atom. The second-order valence-electron chi connectivity index (χ2n) is 6.14. The number of benzene rings is 1. The van der Waals surface area contributed by atoms with Gasteiger partial charge in [-0.15, -0.1) is 11.3 Å². The SMILES string of the molecule is CCOC(=O)c1c(NC(=O)Cn2ncc(Cl)c(Cl)c2=O)sc(C)c1-c1ccccc1. The second-order valence-corrected chi connectivity index (χ2v) is 8.15. The predicted molar refractivity (Wildman–Crippen MR) is 118 cm³/mol. The number of esters is 1. The zero-order valence-corrected chi connectivity index (χ0v) is 18.4. The minimum atomic E-state index is -0.683. The number of halogens is 2. The highest BCUT2D eigenvalue weighted by atomic mass is 35.5. The molecule has 0 atom stereocenters. The first-order chi connectivity index (χ1) is 14.3. The lowest BCUT2D eigenvalue weighted by Gasteiger charge is -2.10. The molecule has 0 radical (unpaired) electrons. The topological polar surface area (TPSA) is 90.3 Å². The average molecular weight is 466 g/mol. The monoisotopic (exact) mass is 465 g/mol. The standard InChI is InChI=1S/C20H17Cl2N3O4S/c1-3-29-20(28)16-15(12-7-5-4-6-8-12)11(2)30-18(16)24-14(26)10-25-19(27)17(22)13(21)9-23-25/h4-9H,3,10H2,1-2H3,(H,24,26). The summed E-state index contributed by atoms with van der Waals surface area (Å²) in [6.45, 7) is 3.36. The Labute approximate surface area is 186 Å². The van der Waals surface area contributed by atoms with Crippen molar-refractivity contribution < 1.29 is 14.3 Å². The fourth-order valence-corrected chi connectivity index (χ4v) is 4.19. The third kappa shape index (κ3) is 4.56. The molecule has 0 unspecified atom stereocenters. The highest BCUT2D eigenvalue weighted by Gasteiger charge is 2.25. The fraction of sp³-hybridized carbons (Fsp3) is 0.200. The maximum atomic E-state index is 12.7. The molecule has 3 aromatic rings. The van der Waals surface area contributed by atoms with Crippen LogP contribution in [0.5, 0.6) is 0 Å². The zero-order chi connectivity index (χ0) is 21.8. The summed E-state index contributed by atoms with van der Waals surface area (Å²) in [5.41, 5.74) is 1.11. The summed E-state index contributed by atoms with van der Waals surface area (Å²) in [4.78, 5) is 38.2. The van der Waals surface area contributed by atoms with E-state index in [4.69, 9.17) is 27.9 Å². The summed E-state index contributed by atoms with van der Waals surface area (Å²) in [5.74, 6) is -1.09. The Kier molecular flexibility index (Phi) is 6.91. The van der Waals surface area contributed by atoms with Gasteiger partial charge in [0.2, 0.25) is 5.91 Å². The maximum Gasteiger partial charge on any atom is 0.341 e. The van der Waals surface area contributed by atoms with E-state index in [1.165, 1.54) is 17.5 Å². The Bertz CT molecular complexity index is 1160. The zero-order valence-electron chi connectivity index (χ0n) is 16.1. The van der Waals surface area contributed by atoms with Crippen molar-refractivity contribution in [3.05, 3.63) is 67.4 Å². The molecular formula is C20H17Cl2N3O4S. The molecule has 0 fully saturated rings. The minimum Gasteiger partial charge on any atom is -0.462 e. The molecule has 2 heterocycles. The van der Waals surface area contributed by atoms with Gasteiger partial charge in [-0.25, -0.2) is 9.48 Å². The quantitative estimate of drug-likeness (QED) is 0.544. The summed E-state index contributed by atoms with van der Waals surface area (Å²) in [5, 5.41) is 6.63. The predicted octanol–water partition coefficient (Wildman–Crippen LogP) is 4.40. The number of hydrogen-bond donors (Lipinski definition) is 1. The molecule has 30 heavy (non-hydrogen) atoms. The summed E-state index contributed by atoms with van der Waals surface area (Å²) in [7, 11) is 0. The van der Waals surface area contributed by atoms with Crippen LogP contribution in [0.4, 0.5) is 5.00 Å². The summed E-state index contributed by atoms with van der Waals surface area (Å²) >= 11 is 12.8. The van der Waals surface area contributed by atoms with E-state index in [9.17, 15) is 14.4 Å². The first kappa shape index (κ1) is 22.0. The van der Waals surface area contributed by atoms with Crippen molar-refractivity contribution in [3.63, 3.8) is 0 Å². The van der Waals surface area contributed by atoms with E-state index < -0.39 is 24.0 Å². The van der Waals surface area contributed by atoms with Gasteiger partial charge in [0.1, 0.15) is 22.1 Å². The summed E-state index contributed by atoms with van der Waals surface area (Å²) < 4.78 is 6.10. The van der Waals surface area contributed by atoms with Crippen LogP contribution in [0.3, 0.4) is 0 Å². The van der Waals surface area contributed by atoms with Crippen molar-refractivity contribution in [1.82, 2.24) is 9.78 Å². The number of nitrogens with one attached hydrogen (secondary N) is 1. The first-order valence-corrected chi connectivity index (χ1v) is 10.5. The van der Waals surface area contributed by atoms with Gasteiger partial charge < -0.3 is 10.1 Å². The normalized spacial score (nSPS) is 10.7. The molecule has 3 rings (SSSR count). The first-order valence-electron chi connectivity index (χ1n) is 8.90. The maximum absolute atomic E-state index is 12.7. The number of carbonyl (C=O) groups is 2. The minimum absolute atomic E-state index is 0.00399. The van der Waals surface area contributed by atoms with Gasteiger partial charge in [-0.1, -0.05) is 53.5 Å². The van der Waals surface area contributed by atoms with Gasteiger partial charge in [0.05, 0.1) is 17.8 Å². The number of rotatable bonds is 6. The number of hydrogen-bond acceptors (Lipinski definition) is 6. The van der Waals surface area contributed by atoms with E-state index in [0.717, 1.165) is 15.1 Å². The molecule has 0 saturated carbocycles. The lowest BCUT2D eigenvalue weighted by Crippen LogP contribution is -2.30. The van der Waals surface area contributed by atoms with Crippen LogP contribution < -0.4 is 10.9 Å². The van der Waals surface area contributed by atoms with Crippen molar-refractivity contribution in [2.24, 2.45) is 0 Å². The molecule has 0 aliphatic carbocycles. The number of amides is 1. The van der Waals surface area contributed by atoms with Crippen molar-refractivity contribution >= 4 is 51.4 Å². The molecule has 0 spiro atoms. The molecule has 156 valence electrons. The lowest BCUT2D eigenvalue weighted by atomic mass is 10.0. The molecule has 0 saturated heterocycles. The molecule has 2 aromatic heterocycles. The van der Waals surface area contributed by atoms with E-state index in [2.05, 4.69) is 10.4 Å². The van der Waals surface area contributed by atoms with Crippen LogP contribution in [-0.2, 0) is 16.1 Å². The molecule has 1 N–H and O–H groups in total. The van der Waals surface area contributed by atoms with Crippen molar-refractivity contribution in [1.29, 1.82) is 0 Å². The largest absolute Gasteiger partial charge is 0.462 e. The van der Waals surface area contributed by atoms with Crippen LogP contribution in [0.2, 0.25) is 10.0 Å². The van der Waals surface area contributed by atoms with Crippen LogP contribution in [-0.4, -0.2) is 28.3 Å². The number of nitrogens with zero attached hydrogens (tertiary/aromatic N) is 2. The number of carbonyl (C=O) groups excluding carboxylic acids is 2. The van der Waals surface area contributed by atoms with Gasteiger partial charge in [-0.3, -0.25) is 9.59 Å². The number of aromatic nitrogens is 2. The van der Waals surface area contributed by atoms with Gasteiger partial charge in [-0.2, -0.15) is 5.10 Å². The molecule has 0 bridgehead atoms.